The third kappa shape index (κ3) is 5.43. The number of nitrogens with zero attached hydrogens (tertiary/aromatic N) is 1. The number of Topliss-reactive ketones (excluding diaryl/α,β-unsaturated/α-hetero) is 1. The summed E-state index contributed by atoms with van der Waals surface area (Å²) in [5.41, 5.74) is 1.56. The lowest BCUT2D eigenvalue weighted by Crippen LogP contribution is -2.29. The quantitative estimate of drug-likeness (QED) is 0.743. The average molecular weight is 276 g/mol. The molecule has 0 aliphatic heterocycles. The van der Waals surface area contributed by atoms with Crippen LogP contribution in [0.5, 0.6) is 0 Å². The first kappa shape index (κ1) is 16.2. The monoisotopic (exact) mass is 276 g/mol. The second-order valence-electron chi connectivity index (χ2n) is 4.98. The summed E-state index contributed by atoms with van der Waals surface area (Å²) >= 11 is 0. The van der Waals surface area contributed by atoms with Crippen molar-refractivity contribution in [3.8, 4) is 0 Å². The zero-order chi connectivity index (χ0) is 15.0. The summed E-state index contributed by atoms with van der Waals surface area (Å²) in [6.45, 7) is 5.05. The average Bonchev–Trinajstić information content (AvgIpc) is 2.44. The maximum absolute atomic E-state index is 11.8. The number of amides is 1. The van der Waals surface area contributed by atoms with Crippen LogP contribution in [0, 0.1) is 0 Å². The van der Waals surface area contributed by atoms with Crippen molar-refractivity contribution in [3.63, 3.8) is 0 Å². The van der Waals surface area contributed by atoms with Gasteiger partial charge in [-0.05, 0) is 25.5 Å². The minimum Gasteiger partial charge on any atom is -0.385 e. The van der Waals surface area contributed by atoms with Gasteiger partial charge in [0.2, 0.25) is 5.91 Å². The van der Waals surface area contributed by atoms with Gasteiger partial charge in [-0.2, -0.15) is 0 Å². The topological polar surface area (TPSA) is 49.4 Å². The Kier molecular flexibility index (Phi) is 6.77. The molecule has 0 saturated heterocycles. The van der Waals surface area contributed by atoms with Crippen molar-refractivity contribution in [2.75, 3.05) is 25.5 Å². The van der Waals surface area contributed by atoms with Crippen LogP contribution < -0.4 is 5.32 Å². The lowest BCUT2D eigenvalue weighted by molar-refractivity contribution is -0.129. The van der Waals surface area contributed by atoms with Gasteiger partial charge in [0.05, 0.1) is 0 Å². The Morgan fingerprint density at radius 2 is 2.05 bits per heavy atom. The van der Waals surface area contributed by atoms with E-state index in [9.17, 15) is 9.59 Å². The zero-order valence-electron chi connectivity index (χ0n) is 12.6. The molecule has 1 amide bonds. The van der Waals surface area contributed by atoms with Gasteiger partial charge in [-0.3, -0.25) is 9.59 Å². The first-order valence-electron chi connectivity index (χ1n) is 7.13. The molecule has 0 aliphatic carbocycles. The van der Waals surface area contributed by atoms with Gasteiger partial charge in [0.1, 0.15) is 0 Å². The van der Waals surface area contributed by atoms with Gasteiger partial charge in [0.25, 0.3) is 0 Å². The Balaban J connectivity index is 2.38. The van der Waals surface area contributed by atoms with E-state index in [4.69, 9.17) is 0 Å². The third-order valence-corrected chi connectivity index (χ3v) is 3.21. The van der Waals surface area contributed by atoms with Gasteiger partial charge >= 0.3 is 0 Å². The molecule has 20 heavy (non-hydrogen) atoms. The summed E-state index contributed by atoms with van der Waals surface area (Å²) in [4.78, 5) is 24.9. The summed E-state index contributed by atoms with van der Waals surface area (Å²) in [7, 11) is 1.84. The molecule has 110 valence electrons. The van der Waals surface area contributed by atoms with Gasteiger partial charge in [-0.25, -0.2) is 0 Å². The van der Waals surface area contributed by atoms with E-state index < -0.39 is 0 Å². The van der Waals surface area contributed by atoms with E-state index in [2.05, 4.69) is 12.2 Å². The van der Waals surface area contributed by atoms with Crippen LogP contribution in [0.25, 0.3) is 0 Å². The number of hydrogen-bond acceptors (Lipinski definition) is 3. The van der Waals surface area contributed by atoms with E-state index in [0.717, 1.165) is 25.1 Å². The largest absolute Gasteiger partial charge is 0.385 e. The van der Waals surface area contributed by atoms with Crippen LogP contribution in [0.3, 0.4) is 0 Å². The molecule has 0 radical (unpaired) electrons. The van der Waals surface area contributed by atoms with Gasteiger partial charge in [-0.1, -0.05) is 25.5 Å². The first-order chi connectivity index (χ1) is 9.54. The molecule has 0 bridgehead atoms. The Bertz CT molecular complexity index is 458. The number of anilines is 1. The van der Waals surface area contributed by atoms with Crippen molar-refractivity contribution in [1.82, 2.24) is 4.90 Å². The Labute approximate surface area is 121 Å². The van der Waals surface area contributed by atoms with E-state index in [1.54, 1.807) is 17.9 Å². The van der Waals surface area contributed by atoms with Gasteiger partial charge < -0.3 is 10.2 Å². The van der Waals surface area contributed by atoms with E-state index in [1.165, 1.54) is 0 Å². The fraction of sp³-hybridized carbons (Fsp3) is 0.500. The third-order valence-electron chi connectivity index (χ3n) is 3.21. The number of benzene rings is 1. The van der Waals surface area contributed by atoms with Crippen molar-refractivity contribution in [2.45, 2.75) is 33.1 Å². The van der Waals surface area contributed by atoms with E-state index in [-0.39, 0.29) is 11.7 Å². The molecule has 0 aliphatic rings. The number of carbonyl (C=O) groups excluding carboxylic acids is 2. The SMILES string of the molecule is CCCCN(C)C(=O)CCNc1cccc(C(C)=O)c1. The summed E-state index contributed by atoms with van der Waals surface area (Å²) in [5.74, 6) is 0.192. The Morgan fingerprint density at radius 3 is 2.70 bits per heavy atom. The predicted octanol–water partition coefficient (Wildman–Crippen LogP) is 2.95. The molecule has 1 N–H and O–H groups in total. The molecule has 0 saturated carbocycles. The molecular weight excluding hydrogens is 252 g/mol. The summed E-state index contributed by atoms with van der Waals surface area (Å²) < 4.78 is 0. The molecule has 1 aromatic carbocycles. The van der Waals surface area contributed by atoms with E-state index in [0.29, 0.717) is 18.5 Å². The van der Waals surface area contributed by atoms with Crippen LogP contribution >= 0.6 is 0 Å². The van der Waals surface area contributed by atoms with E-state index in [1.807, 2.05) is 25.2 Å². The molecule has 1 rings (SSSR count). The number of ketones is 1. The lowest BCUT2D eigenvalue weighted by atomic mass is 10.1. The van der Waals surface area contributed by atoms with Gasteiger partial charge in [0.15, 0.2) is 5.78 Å². The highest BCUT2D eigenvalue weighted by Gasteiger charge is 2.07. The minimum absolute atomic E-state index is 0.0454. The molecule has 0 atom stereocenters. The van der Waals surface area contributed by atoms with Crippen molar-refractivity contribution < 1.29 is 9.59 Å². The highest BCUT2D eigenvalue weighted by atomic mass is 16.2. The van der Waals surface area contributed by atoms with Gasteiger partial charge in [-0.15, -0.1) is 0 Å². The molecule has 0 spiro atoms. The predicted molar refractivity (Wildman–Crippen MR) is 82.1 cm³/mol. The number of hydrogen-bond donors (Lipinski definition) is 1. The fourth-order valence-electron chi connectivity index (χ4n) is 1.87. The molecule has 0 aromatic heterocycles. The molecule has 4 heteroatoms. The second-order valence-corrected chi connectivity index (χ2v) is 4.98. The molecule has 0 heterocycles. The highest BCUT2D eigenvalue weighted by Crippen LogP contribution is 2.11. The van der Waals surface area contributed by atoms with Crippen molar-refractivity contribution >= 4 is 17.4 Å². The standard InChI is InChI=1S/C16H24N2O2/c1-4-5-11-18(3)16(20)9-10-17-15-8-6-7-14(12-15)13(2)19/h6-8,12,17H,4-5,9-11H2,1-3H3. The van der Waals surface area contributed by atoms with E-state index >= 15 is 0 Å². The Morgan fingerprint density at radius 1 is 1.30 bits per heavy atom. The van der Waals surface area contributed by atoms with Crippen LogP contribution in [0.1, 0.15) is 43.5 Å². The number of nitrogens with one attached hydrogen (secondary N) is 1. The zero-order valence-corrected chi connectivity index (χ0v) is 12.6. The second kappa shape index (κ2) is 8.35. The van der Waals surface area contributed by atoms with Crippen molar-refractivity contribution in [1.29, 1.82) is 0 Å². The van der Waals surface area contributed by atoms with Crippen LogP contribution in [0.2, 0.25) is 0 Å². The first-order valence-corrected chi connectivity index (χ1v) is 7.13. The maximum Gasteiger partial charge on any atom is 0.224 e. The van der Waals surface area contributed by atoms with Crippen LogP contribution in [-0.4, -0.2) is 36.7 Å². The number of unbranched alkanes of at least 4 members (excludes halogenated alkanes) is 1. The normalized spacial score (nSPS) is 10.2. The smallest absolute Gasteiger partial charge is 0.224 e. The lowest BCUT2D eigenvalue weighted by Gasteiger charge is -2.17. The molecule has 0 unspecified atom stereocenters. The fourth-order valence-corrected chi connectivity index (χ4v) is 1.87. The summed E-state index contributed by atoms with van der Waals surface area (Å²) in [6.07, 6.45) is 2.59. The van der Waals surface area contributed by atoms with Crippen LogP contribution in [-0.2, 0) is 4.79 Å². The molecular formula is C16H24N2O2. The highest BCUT2D eigenvalue weighted by molar-refractivity contribution is 5.94. The van der Waals surface area contributed by atoms with Crippen LogP contribution in [0.15, 0.2) is 24.3 Å². The van der Waals surface area contributed by atoms with Crippen LogP contribution in [0.4, 0.5) is 5.69 Å². The molecule has 4 nitrogen and oxygen atoms in total. The van der Waals surface area contributed by atoms with Crippen molar-refractivity contribution in [2.24, 2.45) is 0 Å². The van der Waals surface area contributed by atoms with Crippen molar-refractivity contribution in [3.05, 3.63) is 29.8 Å². The Hall–Kier alpha value is -1.84. The molecule has 1 aromatic rings. The number of carbonyl (C=O) groups is 2. The maximum atomic E-state index is 11.8. The number of rotatable bonds is 8. The minimum atomic E-state index is 0.0454. The summed E-state index contributed by atoms with van der Waals surface area (Å²) in [6, 6.07) is 7.34. The summed E-state index contributed by atoms with van der Waals surface area (Å²) in [5, 5.41) is 3.18. The molecule has 0 fully saturated rings. The van der Waals surface area contributed by atoms with Gasteiger partial charge in [0, 0.05) is 37.8 Å².